The van der Waals surface area contributed by atoms with Gasteiger partial charge in [0.2, 0.25) is 21.3 Å². The van der Waals surface area contributed by atoms with Crippen molar-refractivity contribution in [3.63, 3.8) is 0 Å². The highest BCUT2D eigenvalue weighted by Crippen LogP contribution is 2.58. The molecule has 2 heterocycles. The van der Waals surface area contributed by atoms with Crippen molar-refractivity contribution in [2.45, 2.75) is 105 Å². The van der Waals surface area contributed by atoms with E-state index in [0.29, 0.717) is 41.5 Å². The average Bonchev–Trinajstić information content (AvgIpc) is 2.91. The number of aliphatic hydroxyl groups is 7. The molecule has 0 radical (unpaired) electrons. The first kappa shape index (κ1) is 38.0. The topological polar surface area (TPSA) is 289 Å². The van der Waals surface area contributed by atoms with E-state index in [1.807, 2.05) is 0 Å². The smallest absolute Gasteiger partial charge is 0.271 e. The molecule has 0 bridgehead atoms. The summed E-state index contributed by atoms with van der Waals surface area (Å²) in [4.78, 5) is 92.7. The number of carbonyl (C=O) groups is 7. The van der Waals surface area contributed by atoms with Gasteiger partial charge in [0.25, 0.3) is 5.79 Å². The Morgan fingerprint density at radius 1 is 0.636 bits per heavy atom. The van der Waals surface area contributed by atoms with Gasteiger partial charge in [-0.1, -0.05) is 0 Å². The van der Waals surface area contributed by atoms with Crippen LogP contribution in [0.3, 0.4) is 0 Å². The van der Waals surface area contributed by atoms with Gasteiger partial charge in [0.1, 0.15) is 18.3 Å². The number of Topliss-reactive ketones (excluding diaryl/α,β-unsaturated/α-hetero) is 7. The molecule has 2 aliphatic rings. The van der Waals surface area contributed by atoms with E-state index in [0.717, 1.165) is 6.92 Å². The molecular weight excluding hydrogens is 664 g/mol. The van der Waals surface area contributed by atoms with Crippen LogP contribution < -0.4 is 0 Å². The largest absolute Gasteiger partial charge is 0.394 e. The monoisotopic (exact) mass is 698 g/mol. The number of aliphatic hydroxyl groups excluding tert-OH is 3. The molecule has 2 fully saturated rings. The van der Waals surface area contributed by atoms with E-state index in [1.54, 1.807) is 0 Å². The van der Waals surface area contributed by atoms with Crippen LogP contribution >= 0.6 is 15.9 Å². The molecule has 18 heteroatoms. The molecule has 44 heavy (non-hydrogen) atoms. The van der Waals surface area contributed by atoms with Gasteiger partial charge >= 0.3 is 0 Å². The summed E-state index contributed by atoms with van der Waals surface area (Å²) < 4.78 is 13.4. The molecule has 7 N–H and O–H groups in total. The lowest BCUT2D eigenvalue weighted by Crippen LogP contribution is -2.93. The highest BCUT2D eigenvalue weighted by Gasteiger charge is 2.88. The maximum absolute atomic E-state index is 13.7. The molecule has 0 spiro atoms. The minimum absolute atomic E-state index is 0.480. The van der Waals surface area contributed by atoms with Crippen LogP contribution in [0.2, 0.25) is 0 Å². The molecule has 0 aliphatic carbocycles. The number of ether oxygens (including phenoxy) is 3. The first-order valence-electron chi connectivity index (χ1n) is 12.9. The van der Waals surface area contributed by atoms with Crippen molar-refractivity contribution in [2.24, 2.45) is 0 Å². The molecule has 17 nitrogen and oxygen atoms in total. The number of rotatable bonds is 11. The highest BCUT2D eigenvalue weighted by atomic mass is 79.9. The van der Waals surface area contributed by atoms with Gasteiger partial charge < -0.3 is 50.0 Å². The fraction of sp³-hybridized carbons (Fsp3) is 0.731. The summed E-state index contributed by atoms with van der Waals surface area (Å²) in [6, 6.07) is 0. The number of hydrogen-bond acceptors (Lipinski definition) is 17. The van der Waals surface area contributed by atoms with Gasteiger partial charge in [-0.05, 0) is 57.5 Å². The van der Waals surface area contributed by atoms with Gasteiger partial charge in [0, 0.05) is 6.92 Å². The third-order valence-electron chi connectivity index (χ3n) is 8.57. The number of alkyl halides is 1. The number of carbonyl (C=O) groups excluding carboxylic acids is 7. The summed E-state index contributed by atoms with van der Waals surface area (Å²) in [5, 5.41) is 78.7. The van der Waals surface area contributed by atoms with Crippen LogP contribution in [0, 0.1) is 0 Å². The molecule has 2 saturated heterocycles. The van der Waals surface area contributed by atoms with E-state index in [-0.39, 0.29) is 0 Å². The maximum Gasteiger partial charge on any atom is 0.271 e. The molecule has 0 amide bonds. The molecule has 1 unspecified atom stereocenters. The van der Waals surface area contributed by atoms with E-state index in [4.69, 9.17) is 14.2 Å². The Morgan fingerprint density at radius 3 is 1.39 bits per heavy atom. The third-order valence-corrected chi connectivity index (χ3v) is 9.88. The van der Waals surface area contributed by atoms with Crippen LogP contribution in [-0.2, 0) is 47.8 Å². The predicted molar refractivity (Wildman–Crippen MR) is 143 cm³/mol. The van der Waals surface area contributed by atoms with Gasteiger partial charge in [0.15, 0.2) is 51.7 Å². The second-order valence-corrected chi connectivity index (χ2v) is 12.0. The van der Waals surface area contributed by atoms with E-state index >= 15 is 0 Å². The van der Waals surface area contributed by atoms with Crippen LogP contribution in [0.15, 0.2) is 0 Å². The number of ketones is 7. The Hall–Kier alpha value is -2.23. The number of halogens is 1. The van der Waals surface area contributed by atoms with Crippen LogP contribution in [0.4, 0.5) is 0 Å². The molecular formula is C26H35BrO17. The van der Waals surface area contributed by atoms with Crippen molar-refractivity contribution >= 4 is 56.4 Å². The fourth-order valence-electron chi connectivity index (χ4n) is 6.22. The standard InChI is InChI=1S/C26H35BrO17/c1-10(30)20(38)19(37)17(8-28)42-26(16(7)36,22(20,39)12(3)32)44-21(11(2)31)18(9-29)43-25(27,15(6)35)24(41,14(5)34)23(21,40)13(4)33/h17-19,28-29,37-41H,8-9H2,1-7H3/t17-,18-,19+,20+,21-,22-,23+,24-,25?,26+/m1/s1. The lowest BCUT2D eigenvalue weighted by Gasteiger charge is -2.65. The molecule has 2 rings (SSSR count). The second-order valence-electron chi connectivity index (χ2n) is 10.9. The fourth-order valence-corrected chi connectivity index (χ4v) is 7.02. The summed E-state index contributed by atoms with van der Waals surface area (Å²) in [5.41, 5.74) is -19.8. The van der Waals surface area contributed by atoms with Crippen LogP contribution in [0.1, 0.15) is 48.5 Å². The molecule has 0 aromatic carbocycles. The van der Waals surface area contributed by atoms with E-state index in [1.165, 1.54) is 0 Å². The van der Waals surface area contributed by atoms with Gasteiger partial charge in [-0.3, -0.25) is 33.6 Å². The lowest BCUT2D eigenvalue weighted by molar-refractivity contribution is -0.431. The SMILES string of the molecule is CC(=O)C1(Br)O[C@H](CO)[C@](O[C@]2(C(C)=O)O[C@H](CO)[C@H](O)[C@@](O)(C(C)=O)[C@]2(O)C(C)=O)(C(C)=O)[C@@](O)(C(C)=O)[C@]1(O)C(C)=O. The van der Waals surface area contributed by atoms with Crippen molar-refractivity contribution in [3.05, 3.63) is 0 Å². The predicted octanol–water partition coefficient (Wildman–Crippen LogP) is -4.28. The summed E-state index contributed by atoms with van der Waals surface area (Å²) in [6.07, 6.45) is -7.58. The van der Waals surface area contributed by atoms with Gasteiger partial charge in [-0.25, -0.2) is 0 Å². The Morgan fingerprint density at radius 2 is 1.09 bits per heavy atom. The average molecular weight is 699 g/mol. The van der Waals surface area contributed by atoms with Crippen molar-refractivity contribution in [3.8, 4) is 0 Å². The lowest BCUT2D eigenvalue weighted by atomic mass is 9.58. The van der Waals surface area contributed by atoms with Gasteiger partial charge in [-0.15, -0.1) is 0 Å². The Balaban J connectivity index is 3.36. The van der Waals surface area contributed by atoms with Crippen molar-refractivity contribution in [2.75, 3.05) is 13.2 Å². The second kappa shape index (κ2) is 11.5. The Labute approximate surface area is 258 Å². The van der Waals surface area contributed by atoms with Gasteiger partial charge in [0.05, 0.1) is 13.2 Å². The van der Waals surface area contributed by atoms with Gasteiger partial charge in [-0.2, -0.15) is 0 Å². The minimum Gasteiger partial charge on any atom is -0.394 e. The van der Waals surface area contributed by atoms with Crippen molar-refractivity contribution in [1.29, 1.82) is 0 Å². The minimum atomic E-state index is -4.11. The third kappa shape index (κ3) is 4.10. The van der Waals surface area contributed by atoms with Crippen LogP contribution in [0.25, 0.3) is 0 Å². The molecule has 2 aliphatic heterocycles. The zero-order chi connectivity index (χ0) is 34.8. The summed E-state index contributed by atoms with van der Waals surface area (Å²) >= 11 is 2.70. The quantitative estimate of drug-likeness (QED) is 0.100. The maximum atomic E-state index is 13.7. The Bertz CT molecular complexity index is 1320. The zero-order valence-corrected chi connectivity index (χ0v) is 26.3. The first-order valence-corrected chi connectivity index (χ1v) is 13.7. The van der Waals surface area contributed by atoms with Crippen molar-refractivity contribution in [1.82, 2.24) is 0 Å². The zero-order valence-electron chi connectivity index (χ0n) is 24.7. The molecule has 0 saturated carbocycles. The molecule has 10 atom stereocenters. The molecule has 248 valence electrons. The van der Waals surface area contributed by atoms with Crippen LogP contribution in [0.5, 0.6) is 0 Å². The highest BCUT2D eigenvalue weighted by molar-refractivity contribution is 9.10. The summed E-state index contributed by atoms with van der Waals surface area (Å²) in [6.45, 7) is 0.899. The summed E-state index contributed by atoms with van der Waals surface area (Å²) in [5.74, 6) is -15.5. The Kier molecular flexibility index (Phi) is 9.95. The first-order chi connectivity index (χ1) is 19.8. The van der Waals surface area contributed by atoms with Crippen LogP contribution in [-0.4, -0.2) is 146 Å². The molecule has 0 aromatic rings. The normalized spacial score (nSPS) is 44.0. The van der Waals surface area contributed by atoms with Crippen molar-refractivity contribution < 1.29 is 83.5 Å². The molecule has 0 aromatic heterocycles. The number of hydrogen-bond donors (Lipinski definition) is 7. The summed E-state index contributed by atoms with van der Waals surface area (Å²) in [7, 11) is 0. The van der Waals surface area contributed by atoms with E-state index < -0.39 is 110 Å². The van der Waals surface area contributed by atoms with E-state index in [2.05, 4.69) is 15.9 Å². The van der Waals surface area contributed by atoms with E-state index in [9.17, 15) is 69.3 Å².